The molecule has 2 heteroatoms. The van der Waals surface area contributed by atoms with Crippen LogP contribution in [0.5, 0.6) is 0 Å². The molecule has 0 saturated heterocycles. The molecule has 0 amide bonds. The highest BCUT2D eigenvalue weighted by molar-refractivity contribution is 5.81. The van der Waals surface area contributed by atoms with E-state index in [0.29, 0.717) is 11.8 Å². The quantitative estimate of drug-likeness (QED) is 0.573. The van der Waals surface area contributed by atoms with E-state index >= 15 is 0 Å². The van der Waals surface area contributed by atoms with Crippen LogP contribution in [0.2, 0.25) is 0 Å². The molecule has 0 heterocycles. The van der Waals surface area contributed by atoms with Gasteiger partial charge >= 0.3 is 0 Å². The van der Waals surface area contributed by atoms with Crippen LogP contribution in [0.25, 0.3) is 0 Å². The van der Waals surface area contributed by atoms with Crippen molar-refractivity contribution in [2.75, 3.05) is 0 Å². The van der Waals surface area contributed by atoms with Gasteiger partial charge in [-0.2, -0.15) is 0 Å². The first-order valence-corrected chi connectivity index (χ1v) is 2.80. The Morgan fingerprint density at radius 2 is 2.00 bits per heavy atom. The van der Waals surface area contributed by atoms with Crippen molar-refractivity contribution in [2.24, 2.45) is 0 Å². The van der Waals surface area contributed by atoms with E-state index in [9.17, 15) is 9.59 Å². The molecular weight excluding hydrogens is 128 g/mol. The lowest BCUT2D eigenvalue weighted by molar-refractivity contribution is 0.112. The number of benzene rings is 1. The molecule has 0 aliphatic rings. The first-order chi connectivity index (χ1) is 5.24. The molecule has 0 aliphatic carbocycles. The Morgan fingerprint density at radius 1 is 1.30 bits per heavy atom. The monoisotopic (exact) mass is 135 g/mol. The Kier molecular flexibility index (Phi) is 1.56. The number of carbonyl (C=O) groups excluding carboxylic acids is 2. The zero-order valence-corrected chi connectivity index (χ0v) is 5.20. The molecule has 10 heavy (non-hydrogen) atoms. The van der Waals surface area contributed by atoms with Gasteiger partial charge in [-0.05, 0) is 6.07 Å². The summed E-state index contributed by atoms with van der Waals surface area (Å²) < 4.78 is 6.74. The van der Waals surface area contributed by atoms with E-state index in [4.69, 9.17) is 1.37 Å². The summed E-state index contributed by atoms with van der Waals surface area (Å²) in [6.45, 7) is 0. The maximum atomic E-state index is 10.5. The second-order valence-electron chi connectivity index (χ2n) is 1.85. The van der Waals surface area contributed by atoms with Gasteiger partial charge in [-0.3, -0.25) is 9.59 Å². The summed E-state index contributed by atoms with van der Waals surface area (Å²) in [6.07, 6.45) is -0.124. The molecule has 1 rings (SSSR count). The van der Waals surface area contributed by atoms with Crippen molar-refractivity contribution in [2.45, 2.75) is 0 Å². The van der Waals surface area contributed by atoms with Gasteiger partial charge in [-0.15, -0.1) is 0 Å². The van der Waals surface area contributed by atoms with E-state index in [-0.39, 0.29) is 5.56 Å². The maximum Gasteiger partial charge on any atom is 0.150 e. The van der Waals surface area contributed by atoms with Crippen molar-refractivity contribution >= 4 is 12.5 Å². The fraction of sp³-hybridized carbons (Fsp3) is 0. The van der Waals surface area contributed by atoms with Crippen LogP contribution in [0.15, 0.2) is 24.3 Å². The van der Waals surface area contributed by atoms with Gasteiger partial charge in [-0.25, -0.2) is 0 Å². The van der Waals surface area contributed by atoms with Gasteiger partial charge in [0, 0.05) is 11.1 Å². The van der Waals surface area contributed by atoms with Gasteiger partial charge in [0.2, 0.25) is 0 Å². The highest BCUT2D eigenvalue weighted by atomic mass is 16.1. The van der Waals surface area contributed by atoms with Crippen LogP contribution in [0.3, 0.4) is 0 Å². The van der Waals surface area contributed by atoms with Crippen molar-refractivity contribution in [1.29, 1.82) is 0 Å². The molecule has 0 N–H and O–H groups in total. The Labute approximate surface area is 59.9 Å². The summed E-state index contributed by atoms with van der Waals surface area (Å²) >= 11 is 0. The lowest BCUT2D eigenvalue weighted by atomic mass is 10.2. The van der Waals surface area contributed by atoms with Crippen molar-refractivity contribution in [3.8, 4) is 0 Å². The van der Waals surface area contributed by atoms with Crippen LogP contribution in [-0.4, -0.2) is 12.5 Å². The Balaban J connectivity index is 3.10. The molecule has 0 spiro atoms. The molecule has 0 atom stereocenters. The number of aldehydes is 2. The molecule has 50 valence electrons. The Bertz CT molecular complexity index is 294. The van der Waals surface area contributed by atoms with E-state index < -0.39 is 6.26 Å². The molecule has 0 aromatic heterocycles. The summed E-state index contributed by atoms with van der Waals surface area (Å²) in [5.74, 6) is 0. The summed E-state index contributed by atoms with van der Waals surface area (Å²) in [5.41, 5.74) is 0.665. The lowest BCUT2D eigenvalue weighted by Crippen LogP contribution is -1.82. The third kappa shape index (κ3) is 1.29. The van der Waals surface area contributed by atoms with Gasteiger partial charge < -0.3 is 0 Å². The Hall–Kier alpha value is -1.44. The van der Waals surface area contributed by atoms with Crippen LogP contribution in [-0.2, 0) is 0 Å². The van der Waals surface area contributed by atoms with Crippen LogP contribution >= 0.6 is 0 Å². The zero-order chi connectivity index (χ0) is 8.27. The molecule has 0 radical (unpaired) electrons. The summed E-state index contributed by atoms with van der Waals surface area (Å²) in [5, 5.41) is 0. The van der Waals surface area contributed by atoms with Crippen LogP contribution in [0.4, 0.5) is 0 Å². The standard InChI is InChI=1S/C8H6O2/c9-5-7-2-1-3-8(4-7)6-10/h1-6H/i5D. The highest BCUT2D eigenvalue weighted by Gasteiger charge is 1.90. The van der Waals surface area contributed by atoms with E-state index in [2.05, 4.69) is 0 Å². The number of rotatable bonds is 2. The summed E-state index contributed by atoms with van der Waals surface area (Å²) in [7, 11) is 0. The Morgan fingerprint density at radius 3 is 2.60 bits per heavy atom. The van der Waals surface area contributed by atoms with E-state index in [1.807, 2.05) is 0 Å². The van der Waals surface area contributed by atoms with Gasteiger partial charge in [-0.1, -0.05) is 18.2 Å². The molecule has 0 bridgehead atoms. The average molecular weight is 135 g/mol. The maximum absolute atomic E-state index is 10.5. The SMILES string of the molecule is [2H]C(=O)c1cccc(C=O)c1. The lowest BCUT2D eigenvalue weighted by Gasteiger charge is -1.89. The first kappa shape index (κ1) is 5.35. The van der Waals surface area contributed by atoms with Crippen molar-refractivity contribution in [1.82, 2.24) is 0 Å². The van der Waals surface area contributed by atoms with Gasteiger partial charge in [0.05, 0.1) is 0 Å². The van der Waals surface area contributed by atoms with Crippen LogP contribution in [0, 0.1) is 0 Å². The fourth-order valence-corrected chi connectivity index (χ4v) is 0.675. The minimum atomic E-state index is -0.770. The second kappa shape index (κ2) is 2.92. The van der Waals surface area contributed by atoms with E-state index in [1.165, 1.54) is 12.1 Å². The third-order valence-corrected chi connectivity index (χ3v) is 1.14. The predicted octanol–water partition coefficient (Wildman–Crippen LogP) is 1.31. The average Bonchev–Trinajstić information content (AvgIpc) is 2.05. The molecule has 0 saturated carbocycles. The van der Waals surface area contributed by atoms with Gasteiger partial charge in [0.1, 0.15) is 13.9 Å². The minimum absolute atomic E-state index is 0.245. The van der Waals surface area contributed by atoms with Gasteiger partial charge in [0.25, 0.3) is 0 Å². The van der Waals surface area contributed by atoms with Crippen molar-refractivity contribution in [3.05, 3.63) is 35.4 Å². The number of hydrogen-bond acceptors (Lipinski definition) is 2. The molecule has 1 aromatic carbocycles. The molecule has 0 unspecified atom stereocenters. The first-order valence-electron chi connectivity index (χ1n) is 3.30. The largest absolute Gasteiger partial charge is 0.298 e. The third-order valence-electron chi connectivity index (χ3n) is 1.14. The number of carbonyl (C=O) groups is 2. The highest BCUT2D eigenvalue weighted by Crippen LogP contribution is 1.99. The van der Waals surface area contributed by atoms with Crippen LogP contribution < -0.4 is 0 Å². The predicted molar refractivity (Wildman–Crippen MR) is 37.2 cm³/mol. The molecule has 0 fully saturated rings. The van der Waals surface area contributed by atoms with Crippen molar-refractivity contribution < 1.29 is 11.0 Å². The normalized spacial score (nSPS) is 10.2. The number of hydrogen-bond donors (Lipinski definition) is 0. The minimum Gasteiger partial charge on any atom is -0.298 e. The molecule has 2 nitrogen and oxygen atoms in total. The van der Waals surface area contributed by atoms with Crippen molar-refractivity contribution in [3.63, 3.8) is 0 Å². The van der Waals surface area contributed by atoms with E-state index in [0.717, 1.165) is 0 Å². The second-order valence-corrected chi connectivity index (χ2v) is 1.85. The van der Waals surface area contributed by atoms with E-state index in [1.54, 1.807) is 12.1 Å². The smallest absolute Gasteiger partial charge is 0.150 e. The van der Waals surface area contributed by atoms with Gasteiger partial charge in [0.15, 0.2) is 0 Å². The zero-order valence-electron chi connectivity index (χ0n) is 6.20. The molecular formula is C8H6O2. The fourth-order valence-electron chi connectivity index (χ4n) is 0.675. The molecule has 0 aliphatic heterocycles. The summed E-state index contributed by atoms with van der Waals surface area (Å²) in [6, 6.07) is 6.05. The summed E-state index contributed by atoms with van der Waals surface area (Å²) in [4.78, 5) is 20.7. The molecule has 1 aromatic rings. The van der Waals surface area contributed by atoms with Crippen LogP contribution in [0.1, 0.15) is 22.1 Å². The topological polar surface area (TPSA) is 34.1 Å².